The van der Waals surface area contributed by atoms with Gasteiger partial charge < -0.3 is 10.6 Å². The molecule has 0 atom stereocenters. The number of anilines is 1. The number of aryl methyl sites for hydroxylation is 1. The number of nitrogens with one attached hydrogen (secondary N) is 2. The molecule has 0 bridgehead atoms. The smallest absolute Gasteiger partial charge is 0.238 e. The van der Waals surface area contributed by atoms with Gasteiger partial charge in [0.1, 0.15) is 5.01 Å². The fourth-order valence-electron chi connectivity index (χ4n) is 3.81. The molecular weight excluding hydrogens is 434 g/mol. The third kappa shape index (κ3) is 6.25. The lowest BCUT2D eigenvalue weighted by Crippen LogP contribution is -2.51. The minimum Gasteiger partial charge on any atom is -0.352 e. The van der Waals surface area contributed by atoms with Crippen LogP contribution in [0.2, 0.25) is 0 Å². The Morgan fingerprint density at radius 3 is 2.36 bits per heavy atom. The molecule has 8 heteroatoms. The Morgan fingerprint density at radius 2 is 1.70 bits per heavy atom. The van der Waals surface area contributed by atoms with Gasteiger partial charge in [0.15, 0.2) is 0 Å². The van der Waals surface area contributed by atoms with Crippen molar-refractivity contribution < 1.29 is 9.59 Å². The van der Waals surface area contributed by atoms with E-state index >= 15 is 0 Å². The predicted octanol–water partition coefficient (Wildman–Crippen LogP) is 3.13. The Bertz CT molecular complexity index is 1130. The normalized spacial score (nSPS) is 14.8. The Kier molecular flexibility index (Phi) is 7.49. The number of rotatable bonds is 8. The van der Waals surface area contributed by atoms with Crippen LogP contribution in [-0.4, -0.2) is 72.4 Å². The van der Waals surface area contributed by atoms with Crippen molar-refractivity contribution in [1.82, 2.24) is 20.1 Å². The van der Waals surface area contributed by atoms with E-state index in [2.05, 4.69) is 52.1 Å². The topological polar surface area (TPSA) is 77.6 Å². The highest BCUT2D eigenvalue weighted by Gasteiger charge is 2.20. The van der Waals surface area contributed by atoms with E-state index in [9.17, 15) is 9.59 Å². The van der Waals surface area contributed by atoms with Crippen LogP contribution in [-0.2, 0) is 9.59 Å². The molecule has 0 spiro atoms. The first-order valence-corrected chi connectivity index (χ1v) is 11.9. The van der Waals surface area contributed by atoms with Crippen molar-refractivity contribution in [2.75, 3.05) is 51.1 Å². The van der Waals surface area contributed by atoms with Gasteiger partial charge in [0.2, 0.25) is 11.8 Å². The maximum absolute atomic E-state index is 12.5. The molecular formula is C25H29N5O2S. The highest BCUT2D eigenvalue weighted by atomic mass is 32.1. The van der Waals surface area contributed by atoms with Gasteiger partial charge in [0, 0.05) is 44.0 Å². The summed E-state index contributed by atoms with van der Waals surface area (Å²) in [6.07, 6.45) is 1.67. The Hall–Kier alpha value is -3.07. The summed E-state index contributed by atoms with van der Waals surface area (Å²) in [5, 5.41) is 6.75. The number of hydrogen-bond donors (Lipinski definition) is 2. The molecule has 0 unspecified atom stereocenters. The molecule has 172 valence electrons. The summed E-state index contributed by atoms with van der Waals surface area (Å²) in [5.74, 6) is -0.0270. The van der Waals surface area contributed by atoms with Crippen LogP contribution in [0.25, 0.3) is 20.8 Å². The van der Waals surface area contributed by atoms with Crippen LogP contribution >= 0.6 is 11.3 Å². The van der Waals surface area contributed by atoms with Crippen LogP contribution in [0.3, 0.4) is 0 Å². The zero-order chi connectivity index (χ0) is 23.2. The lowest BCUT2D eigenvalue weighted by molar-refractivity contribution is -0.123. The van der Waals surface area contributed by atoms with Gasteiger partial charge in [-0.1, -0.05) is 12.1 Å². The van der Waals surface area contributed by atoms with Crippen molar-refractivity contribution in [3.63, 3.8) is 0 Å². The van der Waals surface area contributed by atoms with E-state index in [1.165, 1.54) is 10.3 Å². The fourth-order valence-corrected chi connectivity index (χ4v) is 4.87. The molecule has 1 aliphatic rings. The molecule has 33 heavy (non-hydrogen) atoms. The molecule has 4 rings (SSSR count). The number of piperazine rings is 1. The molecule has 0 saturated carbocycles. The van der Waals surface area contributed by atoms with E-state index in [1.54, 1.807) is 17.4 Å². The molecule has 0 radical (unpaired) electrons. The third-order valence-electron chi connectivity index (χ3n) is 5.60. The van der Waals surface area contributed by atoms with Crippen molar-refractivity contribution >= 4 is 39.1 Å². The molecule has 1 fully saturated rings. The molecule has 0 aliphatic carbocycles. The van der Waals surface area contributed by atoms with E-state index in [1.807, 2.05) is 24.3 Å². The van der Waals surface area contributed by atoms with Crippen molar-refractivity contribution in [1.29, 1.82) is 0 Å². The number of benzene rings is 2. The maximum Gasteiger partial charge on any atom is 0.238 e. The van der Waals surface area contributed by atoms with E-state index in [0.29, 0.717) is 19.6 Å². The second-order valence-electron chi connectivity index (χ2n) is 8.26. The zero-order valence-corrected chi connectivity index (χ0v) is 19.7. The molecule has 2 heterocycles. The van der Waals surface area contributed by atoms with Gasteiger partial charge in [-0.05, 0) is 48.9 Å². The molecule has 2 aromatic carbocycles. The Balaban J connectivity index is 1.25. The average Bonchev–Trinajstić information content (AvgIpc) is 3.22. The molecule has 3 aromatic rings. The van der Waals surface area contributed by atoms with Crippen molar-refractivity contribution in [2.45, 2.75) is 6.92 Å². The second-order valence-corrected chi connectivity index (χ2v) is 9.29. The Morgan fingerprint density at radius 1 is 1.03 bits per heavy atom. The summed E-state index contributed by atoms with van der Waals surface area (Å²) in [5.41, 5.74) is 4.06. The summed E-state index contributed by atoms with van der Waals surface area (Å²) in [6, 6.07) is 14.1. The summed E-state index contributed by atoms with van der Waals surface area (Å²) < 4.78 is 1.18. The largest absolute Gasteiger partial charge is 0.352 e. The van der Waals surface area contributed by atoms with E-state index in [-0.39, 0.29) is 11.8 Å². The highest BCUT2D eigenvalue weighted by molar-refractivity contribution is 7.21. The fraction of sp³-hybridized carbons (Fsp3) is 0.320. The third-order valence-corrected chi connectivity index (χ3v) is 6.67. The lowest BCUT2D eigenvalue weighted by atomic mass is 10.2. The van der Waals surface area contributed by atoms with Crippen LogP contribution in [0.1, 0.15) is 5.56 Å². The van der Waals surface area contributed by atoms with Gasteiger partial charge in [-0.25, -0.2) is 4.98 Å². The first-order chi connectivity index (χ1) is 16.0. The van der Waals surface area contributed by atoms with Gasteiger partial charge in [0.25, 0.3) is 0 Å². The Labute approximate surface area is 198 Å². The number of hydrogen-bond acceptors (Lipinski definition) is 6. The van der Waals surface area contributed by atoms with Crippen molar-refractivity contribution in [3.8, 4) is 10.6 Å². The van der Waals surface area contributed by atoms with E-state index in [0.717, 1.165) is 48.0 Å². The zero-order valence-electron chi connectivity index (χ0n) is 18.8. The maximum atomic E-state index is 12.5. The summed E-state index contributed by atoms with van der Waals surface area (Å²) >= 11 is 1.68. The van der Waals surface area contributed by atoms with Crippen LogP contribution in [0.4, 0.5) is 5.69 Å². The molecule has 2 N–H and O–H groups in total. The number of aromatic nitrogens is 1. The molecule has 2 amide bonds. The average molecular weight is 464 g/mol. The first kappa shape index (κ1) is 23.1. The van der Waals surface area contributed by atoms with Crippen LogP contribution in [0.5, 0.6) is 0 Å². The number of thiazole rings is 1. The lowest BCUT2D eigenvalue weighted by Gasteiger charge is -2.33. The molecule has 1 aromatic heterocycles. The predicted molar refractivity (Wildman–Crippen MR) is 135 cm³/mol. The van der Waals surface area contributed by atoms with Gasteiger partial charge in [0.05, 0.1) is 23.3 Å². The standard InChI is InChI=1S/C25H29N5O2S/c1-3-10-26-23(31)16-29-11-13-30(14-12-29)17-24(32)27-20-7-5-19(6-8-20)25-28-21-9-4-18(2)15-22(21)33-25/h3-9,15H,1,10-14,16-17H2,2H3,(H,26,31)(H,27,32). The molecule has 7 nitrogen and oxygen atoms in total. The van der Waals surface area contributed by atoms with Crippen LogP contribution in [0.15, 0.2) is 55.1 Å². The van der Waals surface area contributed by atoms with Gasteiger partial charge in [-0.3, -0.25) is 19.4 Å². The number of nitrogens with zero attached hydrogens (tertiary/aromatic N) is 3. The van der Waals surface area contributed by atoms with Gasteiger partial charge >= 0.3 is 0 Å². The second kappa shape index (κ2) is 10.7. The molecule has 1 saturated heterocycles. The van der Waals surface area contributed by atoms with Crippen LogP contribution < -0.4 is 10.6 Å². The van der Waals surface area contributed by atoms with Gasteiger partial charge in [-0.2, -0.15) is 0 Å². The van der Waals surface area contributed by atoms with Gasteiger partial charge in [-0.15, -0.1) is 17.9 Å². The number of carbonyl (C=O) groups is 2. The van der Waals surface area contributed by atoms with Crippen molar-refractivity contribution in [2.24, 2.45) is 0 Å². The SMILES string of the molecule is C=CCNC(=O)CN1CCN(CC(=O)Nc2ccc(-c3nc4ccc(C)cc4s3)cc2)CC1. The minimum absolute atomic E-state index is 0.00509. The van der Waals surface area contributed by atoms with E-state index in [4.69, 9.17) is 4.98 Å². The number of carbonyl (C=O) groups excluding carboxylic acids is 2. The van der Waals surface area contributed by atoms with E-state index < -0.39 is 0 Å². The monoisotopic (exact) mass is 463 g/mol. The number of amides is 2. The quantitative estimate of drug-likeness (QED) is 0.502. The summed E-state index contributed by atoms with van der Waals surface area (Å²) in [4.78, 5) is 33.3. The van der Waals surface area contributed by atoms with Crippen molar-refractivity contribution in [3.05, 3.63) is 60.7 Å². The van der Waals surface area contributed by atoms with Crippen LogP contribution in [0, 0.1) is 6.92 Å². The minimum atomic E-state index is -0.0320. The molecule has 1 aliphatic heterocycles. The number of fused-ring (bicyclic) bond motifs is 1. The summed E-state index contributed by atoms with van der Waals surface area (Å²) in [7, 11) is 0. The summed E-state index contributed by atoms with van der Waals surface area (Å²) in [6.45, 7) is 9.96. The first-order valence-electron chi connectivity index (χ1n) is 11.1. The highest BCUT2D eigenvalue weighted by Crippen LogP contribution is 2.31.